The second kappa shape index (κ2) is 13.4. The maximum Gasteiger partial charge on any atom is 0.410 e. The van der Waals surface area contributed by atoms with E-state index in [1.54, 1.807) is 16.2 Å². The van der Waals surface area contributed by atoms with Gasteiger partial charge in [-0.05, 0) is 33.6 Å². The number of aliphatic imine (C=N–C) groups is 1. The van der Waals surface area contributed by atoms with Crippen molar-refractivity contribution in [1.82, 2.24) is 25.4 Å². The van der Waals surface area contributed by atoms with Gasteiger partial charge in [0.1, 0.15) is 10.6 Å². The number of ether oxygens (including phenoxy) is 1. The molecule has 0 spiro atoms. The molecule has 1 saturated heterocycles. The monoisotopic (exact) mass is 566 g/mol. The lowest BCUT2D eigenvalue weighted by Gasteiger charge is -2.35. The third-order valence-electron chi connectivity index (χ3n) is 4.62. The van der Waals surface area contributed by atoms with E-state index in [0.717, 1.165) is 49.4 Å². The second-order valence-electron chi connectivity index (χ2n) is 8.75. The lowest BCUT2D eigenvalue weighted by atomic mass is 10.2. The lowest BCUT2D eigenvalue weighted by Crippen LogP contribution is -2.51. The zero-order valence-electron chi connectivity index (χ0n) is 19.7. The largest absolute Gasteiger partial charge is 0.444 e. The van der Waals surface area contributed by atoms with Gasteiger partial charge in [0.2, 0.25) is 0 Å². The number of piperazine rings is 1. The van der Waals surface area contributed by atoms with Crippen molar-refractivity contribution < 1.29 is 9.53 Å². The number of hydrogen-bond acceptors (Lipinski definition) is 6. The summed E-state index contributed by atoms with van der Waals surface area (Å²) in [5, 5.41) is 9.85. The van der Waals surface area contributed by atoms with Crippen molar-refractivity contribution in [3.8, 4) is 0 Å². The van der Waals surface area contributed by atoms with Crippen molar-refractivity contribution in [3.63, 3.8) is 0 Å². The zero-order chi connectivity index (χ0) is 22.1. The lowest BCUT2D eigenvalue weighted by molar-refractivity contribution is 0.0147. The molecular weight excluding hydrogens is 527 g/mol. The van der Waals surface area contributed by atoms with Crippen LogP contribution in [-0.4, -0.2) is 78.3 Å². The van der Waals surface area contributed by atoms with Gasteiger partial charge in [0, 0.05) is 51.2 Å². The van der Waals surface area contributed by atoms with E-state index in [4.69, 9.17) is 4.74 Å². The Hall–Kier alpha value is -1.14. The molecule has 8 nitrogen and oxygen atoms in total. The molecule has 2 heterocycles. The number of hydrogen-bond donors (Lipinski definition) is 2. The quantitative estimate of drug-likeness (QED) is 0.299. The number of thiazole rings is 1. The Bertz CT molecular complexity index is 696. The molecule has 1 aromatic heterocycles. The van der Waals surface area contributed by atoms with Gasteiger partial charge in [-0.1, -0.05) is 13.8 Å². The minimum absolute atomic E-state index is 0. The summed E-state index contributed by atoms with van der Waals surface area (Å²) in [6.07, 6.45) is -0.218. The van der Waals surface area contributed by atoms with Gasteiger partial charge in [0.15, 0.2) is 5.96 Å². The molecule has 10 heteroatoms. The summed E-state index contributed by atoms with van der Waals surface area (Å²) in [6, 6.07) is 0. The molecular formula is C21H39IN6O2S. The molecule has 0 saturated carbocycles. The Morgan fingerprint density at radius 3 is 2.48 bits per heavy atom. The number of guanidine groups is 1. The SMILES string of the molecule is CCNC(=NCc1nc(C(C)C)cs1)NCCN1CCN(C(=O)OC(C)(C)C)CC1.I. The number of halogens is 1. The van der Waals surface area contributed by atoms with Gasteiger partial charge in [-0.2, -0.15) is 0 Å². The standard InChI is InChI=1S/C21H38N6O2S.HI/c1-7-22-19(24-14-18-25-17(15-30-18)16(2)3)23-8-9-26-10-12-27(13-11-26)20(28)29-21(4,5)6;/h15-16H,7-14H2,1-6H3,(H2,22,23,24);1H. The highest BCUT2D eigenvalue weighted by Crippen LogP contribution is 2.18. The molecule has 0 radical (unpaired) electrons. The van der Waals surface area contributed by atoms with Gasteiger partial charge >= 0.3 is 6.09 Å². The Morgan fingerprint density at radius 2 is 1.94 bits per heavy atom. The molecule has 1 aliphatic rings. The molecule has 2 rings (SSSR count). The Morgan fingerprint density at radius 1 is 1.26 bits per heavy atom. The topological polar surface area (TPSA) is 82.1 Å². The summed E-state index contributed by atoms with van der Waals surface area (Å²) in [5.41, 5.74) is 0.684. The summed E-state index contributed by atoms with van der Waals surface area (Å²) in [7, 11) is 0. The zero-order valence-corrected chi connectivity index (χ0v) is 22.9. The fourth-order valence-corrected chi connectivity index (χ4v) is 3.84. The van der Waals surface area contributed by atoms with Crippen LogP contribution in [0.25, 0.3) is 0 Å². The molecule has 2 N–H and O–H groups in total. The summed E-state index contributed by atoms with van der Waals surface area (Å²) in [6.45, 7) is 18.3. The van der Waals surface area contributed by atoms with Crippen LogP contribution in [-0.2, 0) is 11.3 Å². The summed E-state index contributed by atoms with van der Waals surface area (Å²) < 4.78 is 5.46. The van der Waals surface area contributed by atoms with Crippen molar-refractivity contribution in [1.29, 1.82) is 0 Å². The predicted molar refractivity (Wildman–Crippen MR) is 139 cm³/mol. The fraction of sp³-hybridized carbons (Fsp3) is 0.762. The highest BCUT2D eigenvalue weighted by molar-refractivity contribution is 14.0. The predicted octanol–water partition coefficient (Wildman–Crippen LogP) is 3.49. The van der Waals surface area contributed by atoms with Crippen molar-refractivity contribution in [3.05, 3.63) is 16.1 Å². The summed E-state index contributed by atoms with van der Waals surface area (Å²) in [5.74, 6) is 1.26. The Labute approximate surface area is 208 Å². The van der Waals surface area contributed by atoms with Crippen LogP contribution in [0.3, 0.4) is 0 Å². The normalized spacial score (nSPS) is 15.6. The second-order valence-corrected chi connectivity index (χ2v) is 9.69. The smallest absolute Gasteiger partial charge is 0.410 e. The van der Waals surface area contributed by atoms with E-state index in [9.17, 15) is 4.79 Å². The molecule has 0 aliphatic carbocycles. The van der Waals surface area contributed by atoms with Gasteiger partial charge in [-0.25, -0.2) is 14.8 Å². The third kappa shape index (κ3) is 10.3. The van der Waals surface area contributed by atoms with Crippen molar-refractivity contribution >= 4 is 47.4 Å². The van der Waals surface area contributed by atoms with Crippen LogP contribution in [0.5, 0.6) is 0 Å². The molecule has 31 heavy (non-hydrogen) atoms. The van der Waals surface area contributed by atoms with Crippen LogP contribution < -0.4 is 10.6 Å². The van der Waals surface area contributed by atoms with Gasteiger partial charge < -0.3 is 20.3 Å². The third-order valence-corrected chi connectivity index (χ3v) is 5.47. The molecule has 0 bridgehead atoms. The molecule has 0 unspecified atom stereocenters. The van der Waals surface area contributed by atoms with E-state index in [2.05, 4.69) is 51.7 Å². The van der Waals surface area contributed by atoms with Crippen molar-refractivity contribution in [2.75, 3.05) is 45.8 Å². The first-order valence-electron chi connectivity index (χ1n) is 10.8. The minimum Gasteiger partial charge on any atom is -0.444 e. The molecule has 1 aromatic rings. The molecule has 1 amide bonds. The van der Waals surface area contributed by atoms with E-state index in [1.807, 2.05) is 20.8 Å². The first kappa shape index (κ1) is 27.9. The van der Waals surface area contributed by atoms with Gasteiger partial charge in [0.05, 0.1) is 12.2 Å². The summed E-state index contributed by atoms with van der Waals surface area (Å²) >= 11 is 1.67. The number of carbonyl (C=O) groups excluding carboxylic acids is 1. The first-order chi connectivity index (χ1) is 14.2. The van der Waals surface area contributed by atoms with Crippen LogP contribution in [0.15, 0.2) is 10.4 Å². The average molecular weight is 567 g/mol. The van der Waals surface area contributed by atoms with Crippen LogP contribution in [0.1, 0.15) is 58.2 Å². The number of amides is 1. The highest BCUT2D eigenvalue weighted by atomic mass is 127. The van der Waals surface area contributed by atoms with E-state index in [0.29, 0.717) is 25.6 Å². The van der Waals surface area contributed by atoms with Gasteiger partial charge in [0.25, 0.3) is 0 Å². The fourth-order valence-electron chi connectivity index (χ4n) is 2.96. The average Bonchev–Trinajstić information content (AvgIpc) is 3.14. The van der Waals surface area contributed by atoms with Gasteiger partial charge in [-0.15, -0.1) is 35.3 Å². The van der Waals surface area contributed by atoms with E-state index < -0.39 is 5.60 Å². The molecule has 178 valence electrons. The number of aromatic nitrogens is 1. The van der Waals surface area contributed by atoms with Crippen molar-refractivity contribution in [2.45, 2.75) is 59.6 Å². The van der Waals surface area contributed by atoms with Gasteiger partial charge in [-0.3, -0.25) is 4.90 Å². The van der Waals surface area contributed by atoms with E-state index in [-0.39, 0.29) is 30.1 Å². The molecule has 1 aliphatic heterocycles. The maximum atomic E-state index is 12.2. The molecule has 1 fully saturated rings. The van der Waals surface area contributed by atoms with Crippen molar-refractivity contribution in [2.24, 2.45) is 4.99 Å². The number of carbonyl (C=O) groups is 1. The number of rotatable bonds is 7. The van der Waals surface area contributed by atoms with Crippen LogP contribution in [0.2, 0.25) is 0 Å². The molecule has 0 atom stereocenters. The number of nitrogens with zero attached hydrogens (tertiary/aromatic N) is 4. The Kier molecular flexibility index (Phi) is 12.1. The van der Waals surface area contributed by atoms with Crippen LogP contribution >= 0.6 is 35.3 Å². The number of nitrogens with one attached hydrogen (secondary N) is 2. The molecule has 0 aromatic carbocycles. The maximum absolute atomic E-state index is 12.2. The first-order valence-corrected chi connectivity index (χ1v) is 11.7. The minimum atomic E-state index is -0.449. The Balaban J connectivity index is 0.00000480. The highest BCUT2D eigenvalue weighted by Gasteiger charge is 2.25. The van der Waals surface area contributed by atoms with E-state index in [1.165, 1.54) is 0 Å². The summed E-state index contributed by atoms with van der Waals surface area (Å²) in [4.78, 5) is 25.6. The van der Waals surface area contributed by atoms with Crippen LogP contribution in [0.4, 0.5) is 4.79 Å². The van der Waals surface area contributed by atoms with E-state index >= 15 is 0 Å². The van der Waals surface area contributed by atoms with Crippen LogP contribution in [0, 0.1) is 0 Å².